The molecule has 0 bridgehead atoms. The predicted octanol–water partition coefficient (Wildman–Crippen LogP) is 3.59. The second kappa shape index (κ2) is 7.33. The summed E-state index contributed by atoms with van der Waals surface area (Å²) in [7, 11) is 2.12. The van der Waals surface area contributed by atoms with E-state index in [9.17, 15) is 0 Å². The van der Waals surface area contributed by atoms with Gasteiger partial charge in [0, 0.05) is 48.0 Å². The van der Waals surface area contributed by atoms with Gasteiger partial charge in [0.2, 0.25) is 0 Å². The molecular formula is C22H25N7. The van der Waals surface area contributed by atoms with E-state index < -0.39 is 0 Å². The molecule has 1 aliphatic rings. The molecule has 0 amide bonds. The molecule has 4 heterocycles. The molecule has 3 N–H and O–H groups in total. The summed E-state index contributed by atoms with van der Waals surface area (Å²) in [4.78, 5) is 5.63. The van der Waals surface area contributed by atoms with Gasteiger partial charge in [-0.25, -0.2) is 0 Å². The normalized spacial score (nSPS) is 19.5. The first-order valence-corrected chi connectivity index (χ1v) is 10.1. The van der Waals surface area contributed by atoms with Gasteiger partial charge < -0.3 is 15.2 Å². The Hall–Kier alpha value is -3.19. The Morgan fingerprint density at radius 1 is 1.07 bits per heavy atom. The number of hydrogen-bond acceptors (Lipinski definition) is 5. The summed E-state index contributed by atoms with van der Waals surface area (Å²) in [6.07, 6.45) is 7.97. The monoisotopic (exact) mass is 387 g/mol. The van der Waals surface area contributed by atoms with Crippen LogP contribution in [-0.2, 0) is 0 Å². The topological polar surface area (TPSA) is 85.5 Å². The highest BCUT2D eigenvalue weighted by atomic mass is 15.3. The van der Waals surface area contributed by atoms with Crippen LogP contribution in [0.4, 0.5) is 5.82 Å². The Morgan fingerprint density at radius 2 is 1.97 bits per heavy atom. The zero-order chi connectivity index (χ0) is 19.8. The Morgan fingerprint density at radius 3 is 2.72 bits per heavy atom. The number of fused-ring (bicyclic) bond motifs is 1. The standard InChI is InChI=1S/C22H25N7/c1-14-11-16(7-9-23-14)29(2)21-6-5-20(27-28-21)19-4-3-17(15-12-25-26-13-15)18-8-10-24-22(18)19/h3-6,8,10,12-14,16,23-24H,7,9,11H2,1-2H3,(H,25,26)/t14-,16-/m0/s1. The van der Waals surface area contributed by atoms with Crippen molar-refractivity contribution >= 4 is 16.7 Å². The largest absolute Gasteiger partial charge is 0.361 e. The van der Waals surface area contributed by atoms with Crippen LogP contribution in [0.15, 0.2) is 48.9 Å². The van der Waals surface area contributed by atoms with Crippen molar-refractivity contribution in [2.75, 3.05) is 18.5 Å². The maximum absolute atomic E-state index is 4.56. The van der Waals surface area contributed by atoms with E-state index in [1.807, 2.05) is 18.6 Å². The van der Waals surface area contributed by atoms with Crippen molar-refractivity contribution in [1.82, 2.24) is 30.7 Å². The smallest absolute Gasteiger partial charge is 0.151 e. The van der Waals surface area contributed by atoms with Gasteiger partial charge in [-0.05, 0) is 56.1 Å². The van der Waals surface area contributed by atoms with Crippen molar-refractivity contribution in [3.63, 3.8) is 0 Å². The lowest BCUT2D eigenvalue weighted by Crippen LogP contribution is -2.45. The van der Waals surface area contributed by atoms with E-state index in [1.54, 1.807) is 0 Å². The quantitative estimate of drug-likeness (QED) is 0.498. The van der Waals surface area contributed by atoms with Gasteiger partial charge in [-0.15, -0.1) is 10.2 Å². The van der Waals surface area contributed by atoms with Crippen molar-refractivity contribution in [2.24, 2.45) is 0 Å². The molecule has 1 saturated heterocycles. The average Bonchev–Trinajstić information content (AvgIpc) is 3.45. The molecule has 29 heavy (non-hydrogen) atoms. The highest BCUT2D eigenvalue weighted by Crippen LogP contribution is 2.34. The summed E-state index contributed by atoms with van der Waals surface area (Å²) in [5.74, 6) is 0.922. The van der Waals surface area contributed by atoms with Crippen molar-refractivity contribution in [2.45, 2.75) is 31.8 Å². The van der Waals surface area contributed by atoms with E-state index in [1.165, 1.54) is 0 Å². The van der Waals surface area contributed by atoms with Crippen molar-refractivity contribution in [3.05, 3.63) is 48.9 Å². The Bertz CT molecular complexity index is 1100. The van der Waals surface area contributed by atoms with E-state index in [4.69, 9.17) is 0 Å². The first-order chi connectivity index (χ1) is 14.2. The van der Waals surface area contributed by atoms with Gasteiger partial charge in [0.1, 0.15) is 0 Å². The van der Waals surface area contributed by atoms with E-state index in [2.05, 4.69) is 79.9 Å². The van der Waals surface area contributed by atoms with Crippen LogP contribution in [0, 0.1) is 0 Å². The second-order valence-electron chi connectivity index (χ2n) is 7.84. The maximum atomic E-state index is 4.56. The molecule has 1 aromatic carbocycles. The number of nitrogens with one attached hydrogen (secondary N) is 3. The molecule has 0 saturated carbocycles. The van der Waals surface area contributed by atoms with Gasteiger partial charge in [0.15, 0.2) is 5.82 Å². The van der Waals surface area contributed by atoms with E-state index >= 15 is 0 Å². The van der Waals surface area contributed by atoms with Gasteiger partial charge in [0.25, 0.3) is 0 Å². The molecule has 0 spiro atoms. The minimum Gasteiger partial charge on any atom is -0.361 e. The minimum absolute atomic E-state index is 0.496. The van der Waals surface area contributed by atoms with Gasteiger partial charge in [-0.1, -0.05) is 6.07 Å². The highest BCUT2D eigenvalue weighted by Gasteiger charge is 2.23. The van der Waals surface area contributed by atoms with Crippen LogP contribution in [0.5, 0.6) is 0 Å². The first-order valence-electron chi connectivity index (χ1n) is 10.1. The molecule has 0 aliphatic carbocycles. The molecule has 5 rings (SSSR count). The van der Waals surface area contributed by atoms with Crippen LogP contribution in [0.1, 0.15) is 19.8 Å². The number of benzene rings is 1. The van der Waals surface area contributed by atoms with Crippen molar-refractivity contribution in [3.8, 4) is 22.4 Å². The molecule has 1 aliphatic heterocycles. The second-order valence-corrected chi connectivity index (χ2v) is 7.84. The third-order valence-corrected chi connectivity index (χ3v) is 5.96. The van der Waals surface area contributed by atoms with E-state index in [-0.39, 0.29) is 0 Å². The van der Waals surface area contributed by atoms with Crippen molar-refractivity contribution < 1.29 is 0 Å². The lowest BCUT2D eigenvalue weighted by molar-refractivity contribution is 0.370. The van der Waals surface area contributed by atoms with Crippen molar-refractivity contribution in [1.29, 1.82) is 0 Å². The fraction of sp³-hybridized carbons (Fsp3) is 0.318. The number of nitrogens with zero attached hydrogens (tertiary/aromatic N) is 4. The summed E-state index contributed by atoms with van der Waals surface area (Å²) >= 11 is 0. The van der Waals surface area contributed by atoms with Crippen LogP contribution >= 0.6 is 0 Å². The highest BCUT2D eigenvalue weighted by molar-refractivity contribution is 6.02. The maximum Gasteiger partial charge on any atom is 0.151 e. The molecule has 1 fully saturated rings. The number of rotatable bonds is 4. The van der Waals surface area contributed by atoms with E-state index in [0.717, 1.165) is 58.5 Å². The Balaban J connectivity index is 1.45. The fourth-order valence-electron chi connectivity index (χ4n) is 4.32. The molecule has 148 valence electrons. The van der Waals surface area contributed by atoms with Crippen LogP contribution < -0.4 is 10.2 Å². The molecular weight excluding hydrogens is 362 g/mol. The first kappa shape index (κ1) is 17.9. The van der Waals surface area contributed by atoms with E-state index in [0.29, 0.717) is 12.1 Å². The van der Waals surface area contributed by atoms with Crippen LogP contribution in [0.2, 0.25) is 0 Å². The molecule has 0 unspecified atom stereocenters. The number of piperidine rings is 1. The third kappa shape index (κ3) is 3.27. The summed E-state index contributed by atoms with van der Waals surface area (Å²) in [6.45, 7) is 3.29. The Labute approximate surface area is 169 Å². The lowest BCUT2D eigenvalue weighted by atomic mass is 9.99. The SMILES string of the molecule is C[C@H]1C[C@@H](N(C)c2ccc(-c3ccc(-c4cn[nH]c4)c4cc[nH]c34)nn2)CCN1. The molecule has 7 heteroatoms. The van der Waals surface area contributed by atoms with Crippen LogP contribution in [-0.4, -0.2) is 51.1 Å². The zero-order valence-corrected chi connectivity index (χ0v) is 16.7. The number of hydrogen-bond donors (Lipinski definition) is 3. The van der Waals surface area contributed by atoms with Crippen LogP contribution in [0.3, 0.4) is 0 Å². The number of anilines is 1. The summed E-state index contributed by atoms with van der Waals surface area (Å²) in [5.41, 5.74) is 5.19. The van der Waals surface area contributed by atoms with Crippen LogP contribution in [0.25, 0.3) is 33.3 Å². The van der Waals surface area contributed by atoms with Gasteiger partial charge in [-0.3, -0.25) is 5.10 Å². The molecule has 2 atom stereocenters. The average molecular weight is 387 g/mol. The third-order valence-electron chi connectivity index (χ3n) is 5.96. The predicted molar refractivity (Wildman–Crippen MR) is 116 cm³/mol. The molecule has 7 nitrogen and oxygen atoms in total. The van der Waals surface area contributed by atoms with Gasteiger partial charge >= 0.3 is 0 Å². The molecule has 3 aromatic heterocycles. The summed E-state index contributed by atoms with van der Waals surface area (Å²) in [5, 5.41) is 20.7. The van der Waals surface area contributed by atoms with Gasteiger partial charge in [0.05, 0.1) is 17.4 Å². The Kier molecular flexibility index (Phi) is 4.52. The molecule has 4 aromatic rings. The number of H-pyrrole nitrogens is 2. The lowest BCUT2D eigenvalue weighted by Gasteiger charge is -2.35. The molecule has 0 radical (unpaired) electrons. The summed E-state index contributed by atoms with van der Waals surface area (Å²) < 4.78 is 0. The summed E-state index contributed by atoms with van der Waals surface area (Å²) in [6, 6.07) is 11.5. The zero-order valence-electron chi connectivity index (χ0n) is 16.7. The minimum atomic E-state index is 0.496. The fourth-order valence-corrected chi connectivity index (χ4v) is 4.32. The van der Waals surface area contributed by atoms with Gasteiger partial charge in [-0.2, -0.15) is 5.10 Å². The number of aromatic nitrogens is 5. The number of aromatic amines is 2.